The van der Waals surface area contributed by atoms with E-state index in [1.165, 1.54) is 11.3 Å². The standard InChI is InChI=1S/C14H19N5/c1-18(2)11-6-3-5-10(9-11)12-7-4-8-19-13(12)16-14(15)17-19/h3,5-6,9,12H,4,7-8H2,1-2H3,(H2,15,17). The van der Waals surface area contributed by atoms with E-state index in [0.717, 1.165) is 25.2 Å². The number of nitrogens with zero attached hydrogens (tertiary/aromatic N) is 4. The highest BCUT2D eigenvalue weighted by Crippen LogP contribution is 2.33. The summed E-state index contributed by atoms with van der Waals surface area (Å²) in [4.78, 5) is 6.52. The average Bonchev–Trinajstić information content (AvgIpc) is 2.78. The average molecular weight is 257 g/mol. The van der Waals surface area contributed by atoms with Gasteiger partial charge in [-0.15, -0.1) is 5.10 Å². The lowest BCUT2D eigenvalue weighted by molar-refractivity contribution is 0.446. The van der Waals surface area contributed by atoms with E-state index in [1.807, 2.05) is 4.68 Å². The Labute approximate surface area is 113 Å². The number of rotatable bonds is 2. The van der Waals surface area contributed by atoms with E-state index in [0.29, 0.717) is 11.9 Å². The maximum absolute atomic E-state index is 5.73. The molecule has 0 aliphatic carbocycles. The molecule has 2 aromatic rings. The molecule has 1 aromatic carbocycles. The van der Waals surface area contributed by atoms with E-state index < -0.39 is 0 Å². The van der Waals surface area contributed by atoms with Crippen LogP contribution in [0.4, 0.5) is 11.6 Å². The molecule has 0 saturated heterocycles. The van der Waals surface area contributed by atoms with E-state index in [-0.39, 0.29) is 0 Å². The minimum absolute atomic E-state index is 0.304. The molecule has 0 radical (unpaired) electrons. The molecule has 100 valence electrons. The number of aromatic nitrogens is 3. The van der Waals surface area contributed by atoms with E-state index >= 15 is 0 Å². The summed E-state index contributed by atoms with van der Waals surface area (Å²) in [6.45, 7) is 0.920. The Kier molecular flexibility index (Phi) is 2.89. The van der Waals surface area contributed by atoms with Gasteiger partial charge in [0.1, 0.15) is 5.82 Å². The highest BCUT2D eigenvalue weighted by Gasteiger charge is 2.25. The van der Waals surface area contributed by atoms with Crippen LogP contribution in [0.1, 0.15) is 30.1 Å². The summed E-state index contributed by atoms with van der Waals surface area (Å²) in [6, 6.07) is 8.61. The zero-order valence-electron chi connectivity index (χ0n) is 11.4. The van der Waals surface area contributed by atoms with Crippen molar-refractivity contribution < 1.29 is 0 Å². The van der Waals surface area contributed by atoms with Gasteiger partial charge in [0.15, 0.2) is 0 Å². The second-order valence-electron chi connectivity index (χ2n) is 5.24. The lowest BCUT2D eigenvalue weighted by Gasteiger charge is -2.23. The fraction of sp³-hybridized carbons (Fsp3) is 0.429. The molecule has 0 fully saturated rings. The van der Waals surface area contributed by atoms with Gasteiger partial charge < -0.3 is 10.6 Å². The summed E-state index contributed by atoms with van der Waals surface area (Å²) < 4.78 is 1.95. The highest BCUT2D eigenvalue weighted by atomic mass is 15.4. The Bertz CT molecular complexity index is 587. The maximum atomic E-state index is 5.73. The topological polar surface area (TPSA) is 60.0 Å². The number of hydrogen-bond donors (Lipinski definition) is 1. The molecule has 5 nitrogen and oxygen atoms in total. The van der Waals surface area contributed by atoms with Crippen molar-refractivity contribution in [3.05, 3.63) is 35.7 Å². The third kappa shape index (κ3) is 2.16. The van der Waals surface area contributed by atoms with Crippen LogP contribution in [0.15, 0.2) is 24.3 Å². The Hall–Kier alpha value is -2.04. The largest absolute Gasteiger partial charge is 0.378 e. The lowest BCUT2D eigenvalue weighted by Crippen LogP contribution is -2.18. The highest BCUT2D eigenvalue weighted by molar-refractivity contribution is 5.49. The first kappa shape index (κ1) is 12.0. The number of nitrogens with two attached hydrogens (primary N) is 1. The molecule has 1 aliphatic heterocycles. The Morgan fingerprint density at radius 2 is 2.21 bits per heavy atom. The zero-order chi connectivity index (χ0) is 13.4. The summed E-state index contributed by atoms with van der Waals surface area (Å²) in [5, 5.41) is 4.26. The molecule has 0 amide bonds. The Morgan fingerprint density at radius 3 is 3.00 bits per heavy atom. The number of aryl methyl sites for hydroxylation is 1. The summed E-state index contributed by atoms with van der Waals surface area (Å²) in [5.41, 5.74) is 8.23. The molecule has 2 N–H and O–H groups in total. The summed E-state index contributed by atoms with van der Waals surface area (Å²) in [5.74, 6) is 1.68. The first-order chi connectivity index (χ1) is 9.15. The van der Waals surface area contributed by atoms with E-state index in [1.54, 1.807) is 0 Å². The molecule has 0 spiro atoms. The fourth-order valence-corrected chi connectivity index (χ4v) is 2.70. The van der Waals surface area contributed by atoms with Crippen molar-refractivity contribution in [2.45, 2.75) is 25.3 Å². The molecule has 1 aliphatic rings. The summed E-state index contributed by atoms with van der Waals surface area (Å²) >= 11 is 0. The molecule has 1 unspecified atom stereocenters. The van der Waals surface area contributed by atoms with Crippen molar-refractivity contribution in [3.8, 4) is 0 Å². The van der Waals surface area contributed by atoms with Crippen molar-refractivity contribution >= 4 is 11.6 Å². The van der Waals surface area contributed by atoms with Gasteiger partial charge in [-0.3, -0.25) is 0 Å². The third-order valence-corrected chi connectivity index (χ3v) is 3.68. The van der Waals surface area contributed by atoms with Crippen LogP contribution in [0.5, 0.6) is 0 Å². The lowest BCUT2D eigenvalue weighted by atomic mass is 9.91. The minimum Gasteiger partial charge on any atom is -0.378 e. The fourth-order valence-electron chi connectivity index (χ4n) is 2.70. The number of anilines is 2. The van der Waals surface area contributed by atoms with Crippen molar-refractivity contribution in [3.63, 3.8) is 0 Å². The monoisotopic (exact) mass is 257 g/mol. The first-order valence-electron chi connectivity index (χ1n) is 6.62. The van der Waals surface area contributed by atoms with E-state index in [2.05, 4.69) is 53.3 Å². The van der Waals surface area contributed by atoms with Gasteiger partial charge in [0.2, 0.25) is 5.95 Å². The molecule has 19 heavy (non-hydrogen) atoms. The van der Waals surface area contributed by atoms with Crippen LogP contribution in [0.25, 0.3) is 0 Å². The number of nitrogen functional groups attached to an aromatic ring is 1. The number of benzene rings is 1. The van der Waals surface area contributed by atoms with Gasteiger partial charge in [-0.1, -0.05) is 12.1 Å². The van der Waals surface area contributed by atoms with E-state index in [9.17, 15) is 0 Å². The number of hydrogen-bond acceptors (Lipinski definition) is 4. The second kappa shape index (κ2) is 4.57. The van der Waals surface area contributed by atoms with Gasteiger partial charge in [-0.2, -0.15) is 4.98 Å². The molecule has 0 saturated carbocycles. The van der Waals surface area contributed by atoms with Crippen LogP contribution in [-0.2, 0) is 6.54 Å². The molecular formula is C14H19N5. The summed E-state index contributed by atoms with van der Waals surface area (Å²) in [6.07, 6.45) is 2.22. The van der Waals surface area contributed by atoms with Gasteiger partial charge in [0.25, 0.3) is 0 Å². The zero-order valence-corrected chi connectivity index (χ0v) is 11.4. The molecule has 1 atom stereocenters. The molecule has 2 heterocycles. The van der Waals surface area contributed by atoms with Crippen molar-refractivity contribution in [2.24, 2.45) is 0 Å². The maximum Gasteiger partial charge on any atom is 0.239 e. The Morgan fingerprint density at radius 1 is 1.37 bits per heavy atom. The van der Waals surface area contributed by atoms with Crippen molar-refractivity contribution in [1.82, 2.24) is 14.8 Å². The van der Waals surface area contributed by atoms with Gasteiger partial charge in [0, 0.05) is 32.2 Å². The normalized spacial score (nSPS) is 18.1. The Balaban J connectivity index is 2.01. The second-order valence-corrected chi connectivity index (χ2v) is 5.24. The predicted molar refractivity (Wildman–Crippen MR) is 76.3 cm³/mol. The smallest absolute Gasteiger partial charge is 0.239 e. The van der Waals surface area contributed by atoms with Crippen molar-refractivity contribution in [1.29, 1.82) is 0 Å². The van der Waals surface area contributed by atoms with Crippen LogP contribution in [0, 0.1) is 0 Å². The predicted octanol–water partition coefficient (Wildman–Crippen LogP) is 1.85. The van der Waals surface area contributed by atoms with Crippen LogP contribution in [-0.4, -0.2) is 28.9 Å². The SMILES string of the molecule is CN(C)c1cccc(C2CCCn3nc(N)nc32)c1. The van der Waals surface area contributed by atoms with Gasteiger partial charge >= 0.3 is 0 Å². The van der Waals surface area contributed by atoms with Crippen LogP contribution in [0.3, 0.4) is 0 Å². The van der Waals surface area contributed by atoms with Gasteiger partial charge in [0.05, 0.1) is 0 Å². The van der Waals surface area contributed by atoms with Gasteiger partial charge in [-0.25, -0.2) is 4.68 Å². The van der Waals surface area contributed by atoms with Gasteiger partial charge in [-0.05, 0) is 30.5 Å². The van der Waals surface area contributed by atoms with Crippen LogP contribution < -0.4 is 10.6 Å². The van der Waals surface area contributed by atoms with Crippen molar-refractivity contribution in [2.75, 3.05) is 24.7 Å². The molecular weight excluding hydrogens is 238 g/mol. The minimum atomic E-state index is 0.304. The third-order valence-electron chi connectivity index (χ3n) is 3.68. The number of fused-ring (bicyclic) bond motifs is 1. The molecule has 1 aromatic heterocycles. The van der Waals surface area contributed by atoms with Crippen LogP contribution in [0.2, 0.25) is 0 Å². The van der Waals surface area contributed by atoms with E-state index in [4.69, 9.17) is 5.73 Å². The summed E-state index contributed by atoms with van der Waals surface area (Å²) in [7, 11) is 4.11. The first-order valence-corrected chi connectivity index (χ1v) is 6.62. The quantitative estimate of drug-likeness (QED) is 0.892. The van der Waals surface area contributed by atoms with Crippen LogP contribution >= 0.6 is 0 Å². The molecule has 3 rings (SSSR count). The molecule has 5 heteroatoms. The molecule has 0 bridgehead atoms.